The number of fused-ring (bicyclic) bond motifs is 2. The standard InChI is InChI=1S/C30H32O3/c1-28-14-6-7-15-29(28)16-17-30(28,22-10-12-23(33-2)13-11-22)25-24(31)19-21(27(32)26(25)29)18-20-8-4-3-5-9-20/h3-5,8-13,16-17,21,25-26H,6-7,14-15,18-19H2,1-2H3/t21-,25-,26-,28+,29+,30-/m1/s1. The number of methoxy groups -OCH3 is 1. The van der Waals surface area contributed by atoms with E-state index in [0.717, 1.165) is 37.0 Å². The molecular weight excluding hydrogens is 408 g/mol. The fourth-order valence-electron chi connectivity index (χ4n) is 8.45. The maximum atomic E-state index is 14.2. The Kier molecular flexibility index (Phi) is 4.53. The first-order valence-corrected chi connectivity index (χ1v) is 12.4. The summed E-state index contributed by atoms with van der Waals surface area (Å²) in [5.41, 5.74) is 1.58. The van der Waals surface area contributed by atoms with Crippen LogP contribution in [0.5, 0.6) is 5.75 Å². The molecule has 0 heterocycles. The highest BCUT2D eigenvalue weighted by Crippen LogP contribution is 2.79. The highest BCUT2D eigenvalue weighted by atomic mass is 16.5. The van der Waals surface area contributed by atoms with E-state index in [4.69, 9.17) is 4.74 Å². The van der Waals surface area contributed by atoms with Crippen LogP contribution in [0, 0.1) is 28.6 Å². The van der Waals surface area contributed by atoms with Crippen molar-refractivity contribution in [2.75, 3.05) is 7.11 Å². The average Bonchev–Trinajstić information content (AvgIpc) is 3.23. The number of rotatable bonds is 4. The molecule has 0 N–H and O–H groups in total. The minimum atomic E-state index is -0.408. The first-order valence-electron chi connectivity index (χ1n) is 12.4. The van der Waals surface area contributed by atoms with Crippen LogP contribution in [0.2, 0.25) is 0 Å². The lowest BCUT2D eigenvalue weighted by Crippen LogP contribution is -2.50. The Morgan fingerprint density at radius 3 is 2.36 bits per heavy atom. The number of hydrogen-bond donors (Lipinski definition) is 0. The lowest BCUT2D eigenvalue weighted by atomic mass is 9.52. The minimum absolute atomic E-state index is 0.116. The third-order valence-electron chi connectivity index (χ3n) is 9.88. The smallest absolute Gasteiger partial charge is 0.141 e. The first-order chi connectivity index (χ1) is 16.0. The number of ketones is 2. The van der Waals surface area contributed by atoms with Crippen LogP contribution in [0.15, 0.2) is 66.7 Å². The van der Waals surface area contributed by atoms with Crippen LogP contribution < -0.4 is 4.74 Å². The van der Waals surface area contributed by atoms with Gasteiger partial charge in [0.05, 0.1) is 7.11 Å². The summed E-state index contributed by atoms with van der Waals surface area (Å²) in [7, 11) is 1.68. The van der Waals surface area contributed by atoms with Crippen LogP contribution in [-0.2, 0) is 21.4 Å². The maximum Gasteiger partial charge on any atom is 0.141 e. The van der Waals surface area contributed by atoms with Gasteiger partial charge in [0, 0.05) is 35.0 Å². The molecule has 0 aromatic heterocycles. The molecule has 2 aromatic carbocycles. The lowest BCUT2D eigenvalue weighted by molar-refractivity contribution is -0.145. The van der Waals surface area contributed by atoms with Crippen molar-refractivity contribution in [1.29, 1.82) is 0 Å². The number of Topliss-reactive ketones (excluding diaryl/α,β-unsaturated/α-hetero) is 2. The molecule has 0 aliphatic heterocycles. The molecular formula is C30H32O3. The Balaban J connectivity index is 1.48. The van der Waals surface area contributed by atoms with Crippen LogP contribution in [0.3, 0.4) is 0 Å². The predicted octanol–water partition coefficient (Wildman–Crippen LogP) is 5.72. The van der Waals surface area contributed by atoms with Gasteiger partial charge in [-0.3, -0.25) is 9.59 Å². The van der Waals surface area contributed by atoms with Gasteiger partial charge in [-0.1, -0.05) is 74.4 Å². The van der Waals surface area contributed by atoms with Crippen LogP contribution >= 0.6 is 0 Å². The molecule has 4 aliphatic carbocycles. The van der Waals surface area contributed by atoms with E-state index in [1.165, 1.54) is 5.56 Å². The molecule has 170 valence electrons. The van der Waals surface area contributed by atoms with Crippen molar-refractivity contribution >= 4 is 11.6 Å². The molecule has 0 radical (unpaired) electrons. The second kappa shape index (κ2) is 7.16. The predicted molar refractivity (Wildman–Crippen MR) is 128 cm³/mol. The molecule has 6 atom stereocenters. The highest BCUT2D eigenvalue weighted by Gasteiger charge is 2.79. The van der Waals surface area contributed by atoms with E-state index in [0.29, 0.717) is 18.6 Å². The largest absolute Gasteiger partial charge is 0.497 e. The third-order valence-corrected chi connectivity index (χ3v) is 9.88. The summed E-state index contributed by atoms with van der Waals surface area (Å²) in [6, 6.07) is 18.5. The van der Waals surface area contributed by atoms with Crippen LogP contribution in [0.25, 0.3) is 0 Å². The SMILES string of the molecule is COc1ccc([C@@]23C=C[C@@]4(CCCC[C@@]42C)[C@H]2C(=O)[C@H](Cc4ccccc4)CC(=O)[C@H]23)cc1. The molecule has 2 aromatic rings. The molecule has 4 aliphatic rings. The Labute approximate surface area is 196 Å². The number of ether oxygens (including phenoxy) is 1. The topological polar surface area (TPSA) is 43.4 Å². The quantitative estimate of drug-likeness (QED) is 0.572. The van der Waals surface area contributed by atoms with Crippen LogP contribution in [0.1, 0.15) is 50.2 Å². The summed E-state index contributed by atoms with van der Waals surface area (Å²) < 4.78 is 5.42. The van der Waals surface area contributed by atoms with Gasteiger partial charge in [-0.05, 0) is 47.9 Å². The van der Waals surface area contributed by atoms with Gasteiger partial charge < -0.3 is 4.74 Å². The maximum absolute atomic E-state index is 14.2. The summed E-state index contributed by atoms with van der Waals surface area (Å²) in [5.74, 6) is 0.776. The second-order valence-electron chi connectivity index (χ2n) is 10.9. The summed E-state index contributed by atoms with van der Waals surface area (Å²) in [6.07, 6.45) is 10.1. The van der Waals surface area contributed by atoms with E-state index in [1.807, 2.05) is 30.3 Å². The number of benzene rings is 2. The average molecular weight is 441 g/mol. The Bertz CT molecular complexity index is 1130. The molecule has 0 saturated heterocycles. The van der Waals surface area contributed by atoms with Crippen molar-refractivity contribution in [2.24, 2.45) is 28.6 Å². The van der Waals surface area contributed by atoms with Crippen LogP contribution in [-0.4, -0.2) is 18.7 Å². The van der Waals surface area contributed by atoms with Crippen molar-refractivity contribution in [2.45, 2.75) is 50.9 Å². The first kappa shape index (κ1) is 20.9. The van der Waals surface area contributed by atoms with Gasteiger partial charge in [0.15, 0.2) is 0 Å². The Morgan fingerprint density at radius 2 is 1.64 bits per heavy atom. The second-order valence-corrected chi connectivity index (χ2v) is 10.9. The van der Waals surface area contributed by atoms with Crippen molar-refractivity contribution in [1.82, 2.24) is 0 Å². The Hall–Kier alpha value is -2.68. The number of allylic oxidation sites excluding steroid dienone is 2. The molecule has 0 amide bonds. The van der Waals surface area contributed by atoms with Gasteiger partial charge in [0.25, 0.3) is 0 Å². The van der Waals surface area contributed by atoms with E-state index in [1.54, 1.807) is 7.11 Å². The number of carbonyl (C=O) groups excluding carboxylic acids is 2. The molecule has 3 nitrogen and oxygen atoms in total. The van der Waals surface area contributed by atoms with E-state index >= 15 is 0 Å². The van der Waals surface area contributed by atoms with E-state index in [2.05, 4.69) is 43.3 Å². The third kappa shape index (κ3) is 2.51. The van der Waals surface area contributed by atoms with Gasteiger partial charge in [0.1, 0.15) is 17.3 Å². The van der Waals surface area contributed by atoms with Gasteiger partial charge in [-0.25, -0.2) is 0 Å². The van der Waals surface area contributed by atoms with Crippen molar-refractivity contribution < 1.29 is 14.3 Å². The number of carbonyl (C=O) groups is 2. The Morgan fingerprint density at radius 1 is 0.909 bits per heavy atom. The fraction of sp³-hybridized carbons (Fsp3) is 0.467. The van der Waals surface area contributed by atoms with Gasteiger partial charge >= 0.3 is 0 Å². The fourth-order valence-corrected chi connectivity index (χ4v) is 8.45. The van der Waals surface area contributed by atoms with Crippen molar-refractivity contribution in [3.05, 3.63) is 77.9 Å². The van der Waals surface area contributed by atoms with Gasteiger partial charge in [-0.2, -0.15) is 0 Å². The minimum Gasteiger partial charge on any atom is -0.497 e. The van der Waals surface area contributed by atoms with E-state index < -0.39 is 5.41 Å². The summed E-state index contributed by atoms with van der Waals surface area (Å²) in [6.45, 7) is 2.38. The molecule has 6 rings (SSSR count). The zero-order valence-corrected chi connectivity index (χ0v) is 19.6. The normalized spacial score (nSPS) is 38.8. The van der Waals surface area contributed by atoms with Crippen molar-refractivity contribution in [3.8, 4) is 5.75 Å². The van der Waals surface area contributed by atoms with Gasteiger partial charge in [0.2, 0.25) is 0 Å². The zero-order chi connectivity index (χ0) is 22.8. The van der Waals surface area contributed by atoms with E-state index in [-0.39, 0.29) is 34.4 Å². The molecule has 3 saturated carbocycles. The summed E-state index contributed by atoms with van der Waals surface area (Å²) in [4.78, 5) is 28.2. The molecule has 3 fully saturated rings. The summed E-state index contributed by atoms with van der Waals surface area (Å²) in [5, 5.41) is 0. The molecule has 33 heavy (non-hydrogen) atoms. The zero-order valence-electron chi connectivity index (χ0n) is 19.6. The highest BCUT2D eigenvalue weighted by molar-refractivity contribution is 6.01. The lowest BCUT2D eigenvalue weighted by Gasteiger charge is -2.50. The molecule has 3 heteroatoms. The summed E-state index contributed by atoms with van der Waals surface area (Å²) >= 11 is 0. The van der Waals surface area contributed by atoms with Crippen molar-refractivity contribution in [3.63, 3.8) is 0 Å². The number of hydrogen-bond acceptors (Lipinski definition) is 3. The van der Waals surface area contributed by atoms with Gasteiger partial charge in [-0.15, -0.1) is 0 Å². The molecule has 0 spiro atoms. The molecule has 2 bridgehead atoms. The van der Waals surface area contributed by atoms with Crippen LogP contribution in [0.4, 0.5) is 0 Å². The van der Waals surface area contributed by atoms with E-state index in [9.17, 15) is 9.59 Å². The monoisotopic (exact) mass is 440 g/mol. The molecule has 0 unspecified atom stereocenters.